The van der Waals surface area contributed by atoms with E-state index >= 15 is 0 Å². The molecule has 1 aliphatic heterocycles. The lowest BCUT2D eigenvalue weighted by atomic mass is 9.98. The van der Waals surface area contributed by atoms with Crippen LogP contribution >= 0.6 is 0 Å². The van der Waals surface area contributed by atoms with E-state index in [9.17, 15) is 13.0 Å². The molecule has 3 rings (SSSR count). The molecule has 24 heavy (non-hydrogen) atoms. The van der Waals surface area contributed by atoms with Crippen LogP contribution in [0.1, 0.15) is 19.4 Å². The zero-order valence-corrected chi connectivity index (χ0v) is 13.5. The lowest BCUT2D eigenvalue weighted by Gasteiger charge is -2.28. The zero-order chi connectivity index (χ0) is 17.3. The molecule has 0 spiro atoms. The van der Waals surface area contributed by atoms with Crippen molar-refractivity contribution in [1.29, 1.82) is 0 Å². The molecular weight excluding hydrogens is 316 g/mol. The van der Waals surface area contributed by atoms with Crippen LogP contribution in [0, 0.1) is 5.82 Å². The fourth-order valence-electron chi connectivity index (χ4n) is 2.85. The molecule has 7 heteroatoms. The van der Waals surface area contributed by atoms with Gasteiger partial charge >= 0.3 is 7.04 Å². The Hall–Kier alpha value is -2.44. The van der Waals surface area contributed by atoms with Crippen molar-refractivity contribution < 1.29 is 22.2 Å². The van der Waals surface area contributed by atoms with Crippen LogP contribution in [-0.4, -0.2) is 30.8 Å². The third-order valence-electron chi connectivity index (χ3n) is 4.12. The number of hydrogen-bond donors (Lipinski definition) is 0. The van der Waals surface area contributed by atoms with Crippen molar-refractivity contribution in [3.8, 4) is 5.75 Å². The average molecular weight is 334 g/mol. The third-order valence-corrected chi connectivity index (χ3v) is 4.12. The Morgan fingerprint density at radius 2 is 1.71 bits per heavy atom. The monoisotopic (exact) mass is 334 g/mol. The van der Waals surface area contributed by atoms with E-state index in [1.54, 1.807) is 24.3 Å². The Labute approximate surface area is 139 Å². The molecule has 0 aromatic heterocycles. The molecule has 0 radical (unpaired) electrons. The molecule has 0 N–H and O–H groups in total. The molecule has 1 heterocycles. The lowest BCUT2D eigenvalue weighted by Crippen LogP contribution is -2.46. The van der Waals surface area contributed by atoms with Crippen LogP contribution in [0.3, 0.4) is 0 Å². The smallest absolute Gasteiger partial charge is 0.599 e. The average Bonchev–Trinajstić information content (AvgIpc) is 2.56. The highest BCUT2D eigenvalue weighted by molar-refractivity contribution is 6.53. The van der Waals surface area contributed by atoms with Crippen molar-refractivity contribution in [1.82, 2.24) is 0 Å². The van der Waals surface area contributed by atoms with E-state index in [0.717, 1.165) is 29.3 Å². The minimum Gasteiger partial charge on any atom is -0.599 e. The van der Waals surface area contributed by atoms with Gasteiger partial charge in [0, 0.05) is 30.9 Å². The molecule has 0 fully saturated rings. The molecule has 126 valence electrons. The van der Waals surface area contributed by atoms with Gasteiger partial charge < -0.3 is 22.7 Å². The highest BCUT2D eigenvalue weighted by Crippen LogP contribution is 2.32. The molecule has 0 saturated carbocycles. The van der Waals surface area contributed by atoms with Crippen molar-refractivity contribution in [3.05, 3.63) is 53.8 Å². The van der Waals surface area contributed by atoms with Gasteiger partial charge in [0.2, 0.25) is 0 Å². The van der Waals surface area contributed by atoms with E-state index in [2.05, 4.69) is 4.90 Å². The van der Waals surface area contributed by atoms with E-state index in [-0.39, 0.29) is 11.3 Å². The summed E-state index contributed by atoms with van der Waals surface area (Å²) in [5.74, 6) is -0.513. The summed E-state index contributed by atoms with van der Waals surface area (Å²) in [5.41, 5.74) is 1.55. The van der Waals surface area contributed by atoms with Crippen molar-refractivity contribution in [2.75, 3.05) is 18.0 Å². The molecule has 0 unspecified atom stereocenters. The first-order chi connectivity index (χ1) is 11.4. The summed E-state index contributed by atoms with van der Waals surface area (Å²) in [7, 11) is -4.26. The molecule has 2 aromatic carbocycles. The Kier molecular flexibility index (Phi) is 4.26. The SMILES string of the molecule is CCN(CC)c1ccc([N+]2=Cc3cc(F)ccc3O[B-]2(F)F)cc1. The van der Waals surface area contributed by atoms with Crippen molar-refractivity contribution in [2.45, 2.75) is 13.8 Å². The summed E-state index contributed by atoms with van der Waals surface area (Å²) >= 11 is 0. The van der Waals surface area contributed by atoms with Crippen LogP contribution < -0.4 is 9.55 Å². The second kappa shape index (κ2) is 6.22. The van der Waals surface area contributed by atoms with Crippen LogP contribution in [0.2, 0.25) is 0 Å². The van der Waals surface area contributed by atoms with Crippen molar-refractivity contribution in [3.63, 3.8) is 0 Å². The van der Waals surface area contributed by atoms with E-state index in [0.29, 0.717) is 5.69 Å². The first-order valence-corrected chi connectivity index (χ1v) is 7.92. The van der Waals surface area contributed by atoms with Crippen LogP contribution in [0.15, 0.2) is 42.5 Å². The topological polar surface area (TPSA) is 15.5 Å². The predicted octanol–water partition coefficient (Wildman–Crippen LogP) is 4.20. The normalized spacial score (nSPS) is 15.3. The molecule has 0 saturated heterocycles. The van der Waals surface area contributed by atoms with Crippen LogP contribution in [0.4, 0.5) is 24.4 Å². The van der Waals surface area contributed by atoms with Gasteiger partial charge in [-0.3, -0.25) is 0 Å². The second-order valence-corrected chi connectivity index (χ2v) is 5.59. The fraction of sp³-hybridized carbons (Fsp3) is 0.235. The van der Waals surface area contributed by atoms with Gasteiger partial charge in [0.25, 0.3) is 0 Å². The minimum absolute atomic E-state index is 0.0163. The lowest BCUT2D eigenvalue weighted by molar-refractivity contribution is -0.343. The van der Waals surface area contributed by atoms with Crippen molar-refractivity contribution >= 4 is 24.6 Å². The Morgan fingerprint density at radius 1 is 1.04 bits per heavy atom. The number of benzene rings is 2. The Morgan fingerprint density at radius 3 is 2.33 bits per heavy atom. The Bertz CT molecular complexity index is 774. The van der Waals surface area contributed by atoms with E-state index in [1.165, 1.54) is 18.3 Å². The third kappa shape index (κ3) is 2.98. The molecule has 0 atom stereocenters. The maximum Gasteiger partial charge on any atom is 0.834 e. The van der Waals surface area contributed by atoms with Crippen LogP contribution in [0.5, 0.6) is 5.75 Å². The molecule has 2 aromatic rings. The predicted molar refractivity (Wildman–Crippen MR) is 90.1 cm³/mol. The van der Waals surface area contributed by atoms with Gasteiger partial charge in [-0.05, 0) is 44.2 Å². The van der Waals surface area contributed by atoms with E-state index < -0.39 is 12.9 Å². The van der Waals surface area contributed by atoms with Gasteiger partial charge in [0.15, 0.2) is 5.69 Å². The Balaban J connectivity index is 2.01. The maximum atomic E-state index is 14.4. The second-order valence-electron chi connectivity index (χ2n) is 5.59. The molecule has 3 nitrogen and oxygen atoms in total. The van der Waals surface area contributed by atoms with E-state index in [1.807, 2.05) is 13.8 Å². The largest absolute Gasteiger partial charge is 0.834 e. The van der Waals surface area contributed by atoms with E-state index in [4.69, 9.17) is 4.65 Å². The highest BCUT2D eigenvalue weighted by Gasteiger charge is 2.50. The fourth-order valence-corrected chi connectivity index (χ4v) is 2.85. The summed E-state index contributed by atoms with van der Waals surface area (Å²) < 4.78 is 47.6. The summed E-state index contributed by atoms with van der Waals surface area (Å²) in [6, 6.07) is 10.3. The maximum absolute atomic E-state index is 14.4. The molecular formula is C17H18BF3N2O. The summed E-state index contributed by atoms with van der Waals surface area (Å²) in [6.07, 6.45) is 1.23. The van der Waals surface area contributed by atoms with Gasteiger partial charge in [-0.15, -0.1) is 0 Å². The zero-order valence-electron chi connectivity index (χ0n) is 13.5. The molecule has 0 aliphatic carbocycles. The number of fused-ring (bicyclic) bond motifs is 1. The standard InChI is InChI=1S/C17H18BF3N2O/c1-3-22(4-2)15-6-8-16(9-7-15)23-12-13-11-14(19)5-10-17(13)24-18(23,20)21/h5-12H,3-4H2,1-2H3. The molecule has 0 amide bonds. The summed E-state index contributed by atoms with van der Waals surface area (Å²) in [4.78, 5) is 2.12. The van der Waals surface area contributed by atoms with Gasteiger partial charge in [-0.25, -0.2) is 4.39 Å². The van der Waals surface area contributed by atoms with Crippen LogP contribution in [-0.2, 0) is 0 Å². The van der Waals surface area contributed by atoms with Gasteiger partial charge in [-0.1, -0.05) is 0 Å². The molecule has 1 aliphatic rings. The molecule has 0 bridgehead atoms. The quantitative estimate of drug-likeness (QED) is 0.779. The first-order valence-electron chi connectivity index (χ1n) is 7.92. The summed E-state index contributed by atoms with van der Waals surface area (Å²) in [6.45, 7) is 5.74. The number of hydrogen-bond acceptors (Lipinski definition) is 2. The minimum atomic E-state index is -4.26. The first kappa shape index (κ1) is 16.4. The highest BCUT2D eigenvalue weighted by atomic mass is 19.3. The van der Waals surface area contributed by atoms with Gasteiger partial charge in [0.05, 0.1) is 11.3 Å². The van der Waals surface area contributed by atoms with Crippen LogP contribution in [0.25, 0.3) is 0 Å². The van der Waals surface area contributed by atoms with Crippen molar-refractivity contribution in [2.24, 2.45) is 0 Å². The number of nitrogens with zero attached hydrogens (tertiary/aromatic N) is 2. The number of rotatable bonds is 4. The summed E-state index contributed by atoms with van der Waals surface area (Å²) in [5, 5.41) is 0. The number of halogens is 3. The van der Waals surface area contributed by atoms with Gasteiger partial charge in [-0.2, -0.15) is 0 Å². The van der Waals surface area contributed by atoms with Gasteiger partial charge in [0.1, 0.15) is 12.0 Å². The number of anilines is 1.